The molecule has 3 aromatic carbocycles. The van der Waals surface area contributed by atoms with Gasteiger partial charge in [0.1, 0.15) is 5.75 Å². The number of carboxylic acids is 1. The topological polar surface area (TPSA) is 46.5 Å². The van der Waals surface area contributed by atoms with Crippen molar-refractivity contribution >= 4 is 34.6 Å². The quantitative estimate of drug-likeness (QED) is 0.522. The molecule has 3 nitrogen and oxygen atoms in total. The minimum Gasteiger partial charge on any atom is -0.497 e. The van der Waals surface area contributed by atoms with Crippen LogP contribution < -0.4 is 4.74 Å². The standard InChI is InChI=1S/C20H16O3S/c1-23-17-7-4-8-18(13-17)24-19(20(21)22)12-14-9-10-15-5-2-3-6-16(15)11-14/h2-13H,1H3,(H,21,22)/b19-12-. The second-order valence-electron chi connectivity index (χ2n) is 5.20. The van der Waals surface area contributed by atoms with E-state index in [9.17, 15) is 9.90 Å². The number of aliphatic carboxylic acids is 1. The molecule has 0 aromatic heterocycles. The van der Waals surface area contributed by atoms with E-state index in [1.54, 1.807) is 13.2 Å². The fourth-order valence-corrected chi connectivity index (χ4v) is 3.23. The second kappa shape index (κ2) is 7.23. The minimum absolute atomic E-state index is 0.263. The van der Waals surface area contributed by atoms with Gasteiger partial charge in [-0.05, 0) is 46.7 Å². The molecule has 0 radical (unpaired) electrons. The molecule has 0 aliphatic carbocycles. The van der Waals surface area contributed by atoms with E-state index in [1.807, 2.05) is 66.7 Å². The predicted octanol–water partition coefficient (Wildman–Crippen LogP) is 5.07. The Hall–Kier alpha value is -2.72. The largest absolute Gasteiger partial charge is 0.497 e. The summed E-state index contributed by atoms with van der Waals surface area (Å²) in [5, 5.41) is 11.7. The molecule has 0 atom stereocenters. The van der Waals surface area contributed by atoms with Crippen LogP contribution in [-0.2, 0) is 4.79 Å². The molecule has 0 heterocycles. The molecule has 0 fully saturated rings. The second-order valence-corrected chi connectivity index (χ2v) is 6.32. The number of rotatable bonds is 5. The highest BCUT2D eigenvalue weighted by Gasteiger charge is 2.10. The Morgan fingerprint density at radius 2 is 1.79 bits per heavy atom. The molecule has 0 bridgehead atoms. The Labute approximate surface area is 144 Å². The molecular weight excluding hydrogens is 320 g/mol. The van der Waals surface area contributed by atoms with Crippen LogP contribution in [0.15, 0.2) is 76.5 Å². The van der Waals surface area contributed by atoms with Gasteiger partial charge < -0.3 is 9.84 Å². The number of ether oxygens (including phenoxy) is 1. The summed E-state index contributed by atoms with van der Waals surface area (Å²) in [6.07, 6.45) is 1.69. The van der Waals surface area contributed by atoms with Gasteiger partial charge in [0.2, 0.25) is 0 Å². The van der Waals surface area contributed by atoms with Crippen molar-refractivity contribution in [1.82, 2.24) is 0 Å². The summed E-state index contributed by atoms with van der Waals surface area (Å²) in [5.74, 6) is -0.244. The maximum absolute atomic E-state index is 11.6. The Kier molecular flexibility index (Phi) is 4.87. The third-order valence-corrected chi connectivity index (χ3v) is 4.55. The maximum atomic E-state index is 11.6. The Morgan fingerprint density at radius 3 is 2.54 bits per heavy atom. The number of hydrogen-bond acceptors (Lipinski definition) is 3. The average Bonchev–Trinajstić information content (AvgIpc) is 2.61. The Bertz CT molecular complexity index is 915. The van der Waals surface area contributed by atoms with Gasteiger partial charge in [0, 0.05) is 4.90 Å². The first kappa shape index (κ1) is 16.1. The lowest BCUT2D eigenvalue weighted by atomic mass is 10.1. The van der Waals surface area contributed by atoms with Crippen LogP contribution in [0.2, 0.25) is 0 Å². The molecule has 0 saturated carbocycles. The lowest BCUT2D eigenvalue weighted by molar-refractivity contribution is -0.131. The number of carbonyl (C=O) groups is 1. The van der Waals surface area contributed by atoms with Crippen LogP contribution >= 0.6 is 11.8 Å². The smallest absolute Gasteiger partial charge is 0.342 e. The zero-order valence-corrected chi connectivity index (χ0v) is 13.9. The fourth-order valence-electron chi connectivity index (χ4n) is 2.38. The summed E-state index contributed by atoms with van der Waals surface area (Å²) in [5.41, 5.74) is 0.862. The van der Waals surface area contributed by atoms with Gasteiger partial charge in [-0.1, -0.05) is 54.2 Å². The molecule has 0 aliphatic rings. The van der Waals surface area contributed by atoms with E-state index in [0.717, 1.165) is 21.2 Å². The summed E-state index contributed by atoms with van der Waals surface area (Å²) >= 11 is 1.21. The molecule has 3 aromatic rings. The van der Waals surface area contributed by atoms with Gasteiger partial charge in [-0.2, -0.15) is 0 Å². The molecule has 0 amide bonds. The first-order chi connectivity index (χ1) is 11.7. The van der Waals surface area contributed by atoms with Crippen LogP contribution in [0.4, 0.5) is 0 Å². The van der Waals surface area contributed by atoms with Gasteiger partial charge in [0.05, 0.1) is 12.0 Å². The lowest BCUT2D eigenvalue weighted by Gasteiger charge is -2.06. The van der Waals surface area contributed by atoms with Crippen LogP contribution in [0.1, 0.15) is 5.56 Å². The van der Waals surface area contributed by atoms with E-state index in [4.69, 9.17) is 4.74 Å². The van der Waals surface area contributed by atoms with Crippen molar-refractivity contribution in [3.8, 4) is 5.75 Å². The SMILES string of the molecule is COc1cccc(S/C(=C\c2ccc3ccccc3c2)C(=O)O)c1. The highest BCUT2D eigenvalue weighted by molar-refractivity contribution is 8.04. The van der Waals surface area contributed by atoms with Crippen LogP contribution in [-0.4, -0.2) is 18.2 Å². The lowest BCUT2D eigenvalue weighted by Crippen LogP contribution is -1.96. The summed E-state index contributed by atoms with van der Waals surface area (Å²) < 4.78 is 5.18. The van der Waals surface area contributed by atoms with Crippen LogP contribution in [0.5, 0.6) is 5.75 Å². The van der Waals surface area contributed by atoms with Crippen molar-refractivity contribution < 1.29 is 14.6 Å². The first-order valence-electron chi connectivity index (χ1n) is 7.41. The van der Waals surface area contributed by atoms with Crippen molar-refractivity contribution in [2.24, 2.45) is 0 Å². The van der Waals surface area contributed by atoms with Crippen molar-refractivity contribution in [2.75, 3.05) is 7.11 Å². The number of hydrogen-bond donors (Lipinski definition) is 1. The molecule has 24 heavy (non-hydrogen) atoms. The monoisotopic (exact) mass is 336 g/mol. The van der Waals surface area contributed by atoms with Gasteiger partial charge in [-0.3, -0.25) is 0 Å². The van der Waals surface area contributed by atoms with Gasteiger partial charge in [-0.15, -0.1) is 0 Å². The van der Waals surface area contributed by atoms with E-state index in [2.05, 4.69) is 0 Å². The normalized spacial score (nSPS) is 11.5. The average molecular weight is 336 g/mol. The molecule has 4 heteroatoms. The minimum atomic E-state index is -0.948. The summed E-state index contributed by atoms with van der Waals surface area (Å²) in [6.45, 7) is 0. The zero-order chi connectivity index (χ0) is 16.9. The van der Waals surface area contributed by atoms with Crippen molar-refractivity contribution in [3.63, 3.8) is 0 Å². The number of methoxy groups -OCH3 is 1. The predicted molar refractivity (Wildman–Crippen MR) is 98.4 cm³/mol. The van der Waals surface area contributed by atoms with E-state index in [0.29, 0.717) is 5.75 Å². The third kappa shape index (κ3) is 3.78. The first-order valence-corrected chi connectivity index (χ1v) is 8.23. The van der Waals surface area contributed by atoms with Crippen molar-refractivity contribution in [1.29, 1.82) is 0 Å². The van der Waals surface area contributed by atoms with Gasteiger partial charge in [0.15, 0.2) is 0 Å². The van der Waals surface area contributed by atoms with Crippen LogP contribution in [0, 0.1) is 0 Å². The fraction of sp³-hybridized carbons (Fsp3) is 0.0500. The van der Waals surface area contributed by atoms with Crippen LogP contribution in [0.3, 0.4) is 0 Å². The van der Waals surface area contributed by atoms with Crippen LogP contribution in [0.25, 0.3) is 16.8 Å². The van der Waals surface area contributed by atoms with Gasteiger partial charge in [-0.25, -0.2) is 4.79 Å². The van der Waals surface area contributed by atoms with Gasteiger partial charge in [0.25, 0.3) is 0 Å². The molecule has 0 spiro atoms. The number of carboxylic acid groups (broad SMARTS) is 1. The van der Waals surface area contributed by atoms with E-state index in [1.165, 1.54) is 11.8 Å². The van der Waals surface area contributed by atoms with E-state index >= 15 is 0 Å². The summed E-state index contributed by atoms with van der Waals surface area (Å²) in [7, 11) is 1.59. The Balaban J connectivity index is 1.93. The molecule has 0 saturated heterocycles. The molecule has 3 rings (SSSR count). The highest BCUT2D eigenvalue weighted by Crippen LogP contribution is 2.31. The summed E-state index contributed by atoms with van der Waals surface area (Å²) in [6, 6.07) is 21.3. The summed E-state index contributed by atoms with van der Waals surface area (Å²) in [4.78, 5) is 12.7. The number of thioether (sulfide) groups is 1. The molecule has 0 aliphatic heterocycles. The number of benzene rings is 3. The molecular formula is C20H16O3S. The van der Waals surface area contributed by atoms with E-state index < -0.39 is 5.97 Å². The Morgan fingerprint density at radius 1 is 1.00 bits per heavy atom. The third-order valence-electron chi connectivity index (χ3n) is 3.55. The molecule has 0 unspecified atom stereocenters. The highest BCUT2D eigenvalue weighted by atomic mass is 32.2. The molecule has 1 N–H and O–H groups in total. The maximum Gasteiger partial charge on any atom is 0.342 e. The molecule has 120 valence electrons. The van der Waals surface area contributed by atoms with Crippen molar-refractivity contribution in [3.05, 3.63) is 77.2 Å². The van der Waals surface area contributed by atoms with Crippen molar-refractivity contribution in [2.45, 2.75) is 4.90 Å². The zero-order valence-electron chi connectivity index (χ0n) is 13.1. The van der Waals surface area contributed by atoms with Gasteiger partial charge >= 0.3 is 5.97 Å². The van der Waals surface area contributed by atoms with E-state index in [-0.39, 0.29) is 4.91 Å². The number of fused-ring (bicyclic) bond motifs is 1.